The molecule has 1 saturated heterocycles. The zero-order chi connectivity index (χ0) is 12.5. The van der Waals surface area contributed by atoms with Crippen molar-refractivity contribution in [3.63, 3.8) is 0 Å². The number of amides is 1. The summed E-state index contributed by atoms with van der Waals surface area (Å²) < 4.78 is 0. The van der Waals surface area contributed by atoms with Gasteiger partial charge in [0.05, 0.1) is 6.04 Å². The average molecular weight is 250 g/mol. The lowest BCUT2D eigenvalue weighted by molar-refractivity contribution is -0.139. The number of rotatable bonds is 4. The Bertz CT molecular complexity index is 308. The van der Waals surface area contributed by atoms with E-state index in [1.54, 1.807) is 0 Å². The predicted octanol–water partition coefficient (Wildman–Crippen LogP) is 2.31. The fourth-order valence-electron chi connectivity index (χ4n) is 3.69. The molecule has 0 aromatic carbocycles. The van der Waals surface area contributed by atoms with Crippen LogP contribution in [0.4, 0.5) is 0 Å². The quantitative estimate of drug-likeness (QED) is 0.830. The fraction of sp³-hybridized carbons (Fsp3) is 0.933. The molecule has 0 aromatic rings. The molecule has 3 rings (SSSR count). The van der Waals surface area contributed by atoms with Crippen LogP contribution in [0.25, 0.3) is 0 Å². The number of piperidine rings is 1. The largest absolute Gasteiger partial charge is 0.338 e. The molecule has 3 aliphatic rings. The maximum atomic E-state index is 12.6. The van der Waals surface area contributed by atoms with E-state index in [-0.39, 0.29) is 6.04 Å². The van der Waals surface area contributed by atoms with Gasteiger partial charge in [-0.2, -0.15) is 0 Å². The van der Waals surface area contributed by atoms with E-state index in [0.717, 1.165) is 18.9 Å². The fourth-order valence-corrected chi connectivity index (χ4v) is 3.69. The molecule has 2 unspecified atom stereocenters. The van der Waals surface area contributed by atoms with Crippen LogP contribution >= 0.6 is 0 Å². The van der Waals surface area contributed by atoms with Gasteiger partial charge in [-0.05, 0) is 51.4 Å². The van der Waals surface area contributed by atoms with E-state index in [9.17, 15) is 4.79 Å². The lowest BCUT2D eigenvalue weighted by atomic mass is 9.94. The second-order valence-corrected chi connectivity index (χ2v) is 6.45. The Balaban J connectivity index is 1.61. The molecule has 3 fully saturated rings. The molecule has 3 heteroatoms. The lowest BCUT2D eigenvalue weighted by Crippen LogP contribution is -2.55. The second-order valence-electron chi connectivity index (χ2n) is 6.45. The van der Waals surface area contributed by atoms with Crippen molar-refractivity contribution < 1.29 is 4.79 Å². The van der Waals surface area contributed by atoms with E-state index >= 15 is 0 Å². The van der Waals surface area contributed by atoms with Crippen molar-refractivity contribution in [2.24, 2.45) is 5.92 Å². The third kappa shape index (κ3) is 2.56. The average Bonchev–Trinajstić information content (AvgIpc) is 3.02. The lowest BCUT2D eigenvalue weighted by Gasteiger charge is -2.39. The topological polar surface area (TPSA) is 32.3 Å². The number of hydrogen-bond acceptors (Lipinski definition) is 2. The van der Waals surface area contributed by atoms with Gasteiger partial charge in [0.15, 0.2) is 0 Å². The summed E-state index contributed by atoms with van der Waals surface area (Å²) in [7, 11) is 0. The molecule has 0 radical (unpaired) electrons. The number of hydrogen-bond donors (Lipinski definition) is 1. The van der Waals surface area contributed by atoms with E-state index in [0.29, 0.717) is 18.0 Å². The van der Waals surface area contributed by atoms with Gasteiger partial charge >= 0.3 is 0 Å². The van der Waals surface area contributed by atoms with Crippen LogP contribution in [0.2, 0.25) is 0 Å². The van der Waals surface area contributed by atoms with Gasteiger partial charge in [-0.3, -0.25) is 4.79 Å². The van der Waals surface area contributed by atoms with Gasteiger partial charge in [0.2, 0.25) is 5.91 Å². The van der Waals surface area contributed by atoms with Crippen LogP contribution in [-0.2, 0) is 4.79 Å². The van der Waals surface area contributed by atoms with Gasteiger partial charge in [0.1, 0.15) is 0 Å². The molecule has 1 aliphatic heterocycles. The first-order valence-corrected chi connectivity index (χ1v) is 7.82. The minimum atomic E-state index is 0.120. The number of carbonyl (C=O) groups excluding carboxylic acids is 1. The molecule has 0 bridgehead atoms. The zero-order valence-electron chi connectivity index (χ0n) is 11.5. The van der Waals surface area contributed by atoms with Gasteiger partial charge in [0.25, 0.3) is 0 Å². The van der Waals surface area contributed by atoms with Crippen molar-refractivity contribution in [1.29, 1.82) is 0 Å². The molecule has 18 heavy (non-hydrogen) atoms. The Morgan fingerprint density at radius 3 is 2.50 bits per heavy atom. The van der Waals surface area contributed by atoms with Crippen molar-refractivity contribution in [2.75, 3.05) is 6.54 Å². The summed E-state index contributed by atoms with van der Waals surface area (Å²) in [6.45, 7) is 3.26. The highest BCUT2D eigenvalue weighted by atomic mass is 16.2. The van der Waals surface area contributed by atoms with Gasteiger partial charge in [-0.15, -0.1) is 0 Å². The molecular formula is C15H26N2O. The molecule has 102 valence electrons. The van der Waals surface area contributed by atoms with Crippen LogP contribution in [0.3, 0.4) is 0 Å². The van der Waals surface area contributed by atoms with Crippen molar-refractivity contribution in [3.8, 4) is 0 Å². The van der Waals surface area contributed by atoms with Crippen LogP contribution in [0.5, 0.6) is 0 Å². The molecule has 2 aliphatic carbocycles. The monoisotopic (exact) mass is 250 g/mol. The summed E-state index contributed by atoms with van der Waals surface area (Å²) in [5, 5.41) is 3.53. The molecule has 0 spiro atoms. The highest BCUT2D eigenvalue weighted by Crippen LogP contribution is 2.32. The third-order valence-corrected chi connectivity index (χ3v) is 5.06. The molecule has 1 heterocycles. The molecule has 2 saturated carbocycles. The van der Waals surface area contributed by atoms with Crippen LogP contribution in [0, 0.1) is 5.92 Å². The smallest absolute Gasteiger partial charge is 0.239 e. The Morgan fingerprint density at radius 1 is 1.11 bits per heavy atom. The van der Waals surface area contributed by atoms with Crippen molar-refractivity contribution in [3.05, 3.63) is 0 Å². The summed E-state index contributed by atoms with van der Waals surface area (Å²) in [4.78, 5) is 14.7. The summed E-state index contributed by atoms with van der Waals surface area (Å²) in [6, 6.07) is 1.22. The molecule has 3 nitrogen and oxygen atoms in total. The molecule has 2 atom stereocenters. The van der Waals surface area contributed by atoms with E-state index in [1.165, 1.54) is 44.9 Å². The van der Waals surface area contributed by atoms with Crippen molar-refractivity contribution in [2.45, 2.75) is 76.4 Å². The number of nitrogens with one attached hydrogen (secondary N) is 1. The first-order chi connectivity index (χ1) is 8.75. The summed E-state index contributed by atoms with van der Waals surface area (Å²) >= 11 is 0. The van der Waals surface area contributed by atoms with Gasteiger partial charge < -0.3 is 10.2 Å². The number of nitrogens with zero attached hydrogens (tertiary/aromatic N) is 1. The number of likely N-dealkylation sites (tertiary alicyclic amines) is 1. The number of carbonyl (C=O) groups is 1. The summed E-state index contributed by atoms with van der Waals surface area (Å²) in [5.74, 6) is 1.14. The van der Waals surface area contributed by atoms with Gasteiger partial charge in [-0.1, -0.05) is 12.8 Å². The minimum absolute atomic E-state index is 0.120. The Labute approximate surface area is 110 Å². The molecule has 1 amide bonds. The maximum Gasteiger partial charge on any atom is 0.239 e. The molecule has 0 aromatic heterocycles. The highest BCUT2D eigenvalue weighted by Gasteiger charge is 2.37. The summed E-state index contributed by atoms with van der Waals surface area (Å²) in [5.41, 5.74) is 0. The van der Waals surface area contributed by atoms with Gasteiger partial charge in [0, 0.05) is 18.6 Å². The van der Waals surface area contributed by atoms with E-state index < -0.39 is 0 Å². The predicted molar refractivity (Wildman–Crippen MR) is 72.3 cm³/mol. The van der Waals surface area contributed by atoms with Crippen LogP contribution < -0.4 is 5.32 Å². The van der Waals surface area contributed by atoms with Gasteiger partial charge in [-0.25, -0.2) is 0 Å². The minimum Gasteiger partial charge on any atom is -0.338 e. The summed E-state index contributed by atoms with van der Waals surface area (Å²) in [6.07, 6.45) is 10.1. The molecule has 1 N–H and O–H groups in total. The Kier molecular flexibility index (Phi) is 3.60. The van der Waals surface area contributed by atoms with E-state index in [1.807, 2.05) is 0 Å². The SMILES string of the molecule is CC(C1CCCC1)N1CCCC(NC2CC2)C1=O. The Hall–Kier alpha value is -0.570. The maximum absolute atomic E-state index is 12.6. The van der Waals surface area contributed by atoms with Crippen LogP contribution in [-0.4, -0.2) is 35.5 Å². The second kappa shape index (κ2) is 5.20. The van der Waals surface area contributed by atoms with E-state index in [4.69, 9.17) is 0 Å². The first kappa shape index (κ1) is 12.5. The Morgan fingerprint density at radius 2 is 1.83 bits per heavy atom. The molecular weight excluding hydrogens is 224 g/mol. The normalized spacial score (nSPS) is 31.9. The van der Waals surface area contributed by atoms with Crippen LogP contribution in [0.15, 0.2) is 0 Å². The third-order valence-electron chi connectivity index (χ3n) is 5.06. The standard InChI is InChI=1S/C15H26N2O/c1-11(12-5-2-3-6-12)17-10-4-7-14(15(17)18)16-13-8-9-13/h11-14,16H,2-10H2,1H3. The van der Waals surface area contributed by atoms with Crippen LogP contribution in [0.1, 0.15) is 58.3 Å². The van der Waals surface area contributed by atoms with Crippen molar-refractivity contribution in [1.82, 2.24) is 10.2 Å². The van der Waals surface area contributed by atoms with E-state index in [2.05, 4.69) is 17.1 Å². The highest BCUT2D eigenvalue weighted by molar-refractivity contribution is 5.83. The van der Waals surface area contributed by atoms with Crippen molar-refractivity contribution >= 4 is 5.91 Å². The zero-order valence-corrected chi connectivity index (χ0v) is 11.5. The first-order valence-electron chi connectivity index (χ1n) is 7.82.